The van der Waals surface area contributed by atoms with Crippen LogP contribution in [0, 0.1) is 0 Å². The Bertz CT molecular complexity index is 907. The molecule has 2 heterocycles. The van der Waals surface area contributed by atoms with E-state index in [1.54, 1.807) is 24.4 Å². The smallest absolute Gasteiger partial charge is 0.263 e. The summed E-state index contributed by atoms with van der Waals surface area (Å²) in [6, 6.07) is 10.3. The van der Waals surface area contributed by atoms with Crippen molar-refractivity contribution in [2.24, 2.45) is 0 Å². The molecule has 2 aromatic heterocycles. The molecule has 3 rings (SSSR count). The molecule has 0 aliphatic carbocycles. The van der Waals surface area contributed by atoms with E-state index in [4.69, 9.17) is 11.6 Å². The summed E-state index contributed by atoms with van der Waals surface area (Å²) in [7, 11) is -3.76. The molecule has 0 aliphatic heterocycles. The fourth-order valence-electron chi connectivity index (χ4n) is 1.93. The molecule has 0 atom stereocenters. The third kappa shape index (κ3) is 2.81. The van der Waals surface area contributed by atoms with Gasteiger partial charge in [0.25, 0.3) is 10.0 Å². The predicted molar refractivity (Wildman–Crippen MR) is 81.8 cm³/mol. The minimum absolute atomic E-state index is 0.00272. The lowest BCUT2D eigenvalue weighted by Crippen LogP contribution is -2.13. The number of sulfonamides is 1. The third-order valence-electron chi connectivity index (χ3n) is 2.87. The maximum absolute atomic E-state index is 12.4. The number of rotatable bonds is 3. The van der Waals surface area contributed by atoms with E-state index in [9.17, 15) is 8.42 Å². The number of aromatic nitrogens is 2. The quantitative estimate of drug-likeness (QED) is 0.805. The van der Waals surface area contributed by atoms with Gasteiger partial charge in [0.05, 0.1) is 16.2 Å². The Labute approximate surface area is 126 Å². The maximum Gasteiger partial charge on any atom is 0.263 e. The Hall–Kier alpha value is -2.18. The molecular weight excluding hydrogens is 310 g/mol. The number of para-hydroxylation sites is 1. The molecule has 0 bridgehead atoms. The summed E-state index contributed by atoms with van der Waals surface area (Å²) in [5, 5.41) is 1.11. The van der Waals surface area contributed by atoms with Gasteiger partial charge in [-0.1, -0.05) is 29.8 Å². The molecule has 7 heteroatoms. The topological polar surface area (TPSA) is 72.0 Å². The first-order valence-electron chi connectivity index (χ1n) is 6.03. The highest BCUT2D eigenvalue weighted by atomic mass is 35.5. The lowest BCUT2D eigenvalue weighted by Gasteiger charge is -2.10. The van der Waals surface area contributed by atoms with Crippen LogP contribution in [0.5, 0.6) is 0 Å². The van der Waals surface area contributed by atoms with Crippen LogP contribution in [0.2, 0.25) is 5.02 Å². The number of nitrogens with zero attached hydrogens (tertiary/aromatic N) is 2. The number of pyridine rings is 2. The lowest BCUT2D eigenvalue weighted by atomic mass is 10.2. The van der Waals surface area contributed by atoms with Gasteiger partial charge in [-0.05, 0) is 18.2 Å². The van der Waals surface area contributed by atoms with Crippen LogP contribution in [-0.2, 0) is 10.0 Å². The maximum atomic E-state index is 12.4. The highest BCUT2D eigenvalue weighted by Crippen LogP contribution is 2.24. The molecule has 0 amide bonds. The van der Waals surface area contributed by atoms with Gasteiger partial charge in [0.15, 0.2) is 0 Å². The number of hydrogen-bond acceptors (Lipinski definition) is 4. The van der Waals surface area contributed by atoms with Crippen LogP contribution in [0.3, 0.4) is 0 Å². The van der Waals surface area contributed by atoms with Crippen molar-refractivity contribution >= 4 is 38.2 Å². The second-order valence-corrected chi connectivity index (χ2v) is 6.44. The third-order valence-corrected chi connectivity index (χ3v) is 4.41. The van der Waals surface area contributed by atoms with Crippen LogP contribution in [-0.4, -0.2) is 18.4 Å². The Morgan fingerprint density at radius 1 is 1.10 bits per heavy atom. The van der Waals surface area contributed by atoms with Gasteiger partial charge >= 0.3 is 0 Å². The minimum Gasteiger partial charge on any atom is -0.277 e. The molecule has 0 fully saturated rings. The van der Waals surface area contributed by atoms with Crippen LogP contribution >= 0.6 is 11.6 Å². The molecule has 0 radical (unpaired) electrons. The summed E-state index contributed by atoms with van der Waals surface area (Å²) in [5.41, 5.74) is 0.992. The first-order chi connectivity index (χ1) is 10.1. The summed E-state index contributed by atoms with van der Waals surface area (Å²) in [6.45, 7) is 0. The molecular formula is C14H10ClN3O2S. The van der Waals surface area contributed by atoms with E-state index in [1.165, 1.54) is 18.5 Å². The van der Waals surface area contributed by atoms with Gasteiger partial charge in [0.1, 0.15) is 4.90 Å². The Balaban J connectivity index is 2.06. The molecule has 0 saturated carbocycles. The van der Waals surface area contributed by atoms with Crippen molar-refractivity contribution in [2.75, 3.05) is 4.72 Å². The van der Waals surface area contributed by atoms with E-state index < -0.39 is 10.0 Å². The van der Waals surface area contributed by atoms with Crippen molar-refractivity contribution < 1.29 is 8.42 Å². The first-order valence-corrected chi connectivity index (χ1v) is 7.89. The lowest BCUT2D eigenvalue weighted by molar-refractivity contribution is 0.601. The van der Waals surface area contributed by atoms with Gasteiger partial charge in [-0.3, -0.25) is 14.7 Å². The second-order valence-electron chi connectivity index (χ2n) is 4.33. The summed E-state index contributed by atoms with van der Waals surface area (Å²) >= 11 is 5.78. The van der Waals surface area contributed by atoms with Gasteiger partial charge in [-0.15, -0.1) is 0 Å². The van der Waals surface area contributed by atoms with E-state index in [2.05, 4.69) is 14.7 Å². The average Bonchev–Trinajstić information content (AvgIpc) is 2.47. The van der Waals surface area contributed by atoms with E-state index in [0.29, 0.717) is 11.2 Å². The molecule has 21 heavy (non-hydrogen) atoms. The van der Waals surface area contributed by atoms with E-state index >= 15 is 0 Å². The zero-order valence-electron chi connectivity index (χ0n) is 10.7. The summed E-state index contributed by atoms with van der Waals surface area (Å²) in [5.74, 6) is 0. The van der Waals surface area contributed by atoms with Crippen LogP contribution < -0.4 is 4.72 Å². The standard InChI is InChI=1S/C14H10ClN3O2S/c15-11-7-12(9-16-8-11)21(19,20)18-13-5-1-3-10-4-2-6-17-14(10)13/h1-9,18H. The first kappa shape index (κ1) is 13.8. The van der Waals surface area contributed by atoms with Crippen LogP contribution in [0.25, 0.3) is 10.9 Å². The van der Waals surface area contributed by atoms with Crippen molar-refractivity contribution in [3.8, 4) is 0 Å². The van der Waals surface area contributed by atoms with E-state index in [1.807, 2.05) is 12.1 Å². The number of benzene rings is 1. The second kappa shape index (κ2) is 5.31. The number of nitrogens with one attached hydrogen (secondary N) is 1. The van der Waals surface area contributed by atoms with Gasteiger partial charge in [-0.25, -0.2) is 8.42 Å². The molecule has 0 unspecified atom stereocenters. The van der Waals surface area contributed by atoms with Crippen molar-refractivity contribution in [3.05, 3.63) is 60.0 Å². The Morgan fingerprint density at radius 3 is 2.71 bits per heavy atom. The Kier molecular flexibility index (Phi) is 3.48. The van der Waals surface area contributed by atoms with Crippen LogP contribution in [0.15, 0.2) is 59.9 Å². The number of halogens is 1. The van der Waals surface area contributed by atoms with Crippen molar-refractivity contribution in [3.63, 3.8) is 0 Å². The zero-order valence-corrected chi connectivity index (χ0v) is 12.3. The SMILES string of the molecule is O=S(=O)(Nc1cccc2cccnc12)c1cncc(Cl)c1. The molecule has 0 aliphatic rings. The van der Waals surface area contributed by atoms with Crippen molar-refractivity contribution in [1.29, 1.82) is 0 Å². The summed E-state index contributed by atoms with van der Waals surface area (Å²) in [4.78, 5) is 8.00. The van der Waals surface area contributed by atoms with E-state index in [0.717, 1.165) is 5.39 Å². The predicted octanol–water partition coefficient (Wildman–Crippen LogP) is 3.08. The monoisotopic (exact) mass is 319 g/mol. The number of anilines is 1. The highest BCUT2D eigenvalue weighted by molar-refractivity contribution is 7.92. The Morgan fingerprint density at radius 2 is 1.90 bits per heavy atom. The zero-order chi connectivity index (χ0) is 14.9. The molecule has 5 nitrogen and oxygen atoms in total. The molecule has 0 saturated heterocycles. The number of fused-ring (bicyclic) bond motifs is 1. The van der Waals surface area contributed by atoms with Crippen molar-refractivity contribution in [2.45, 2.75) is 4.90 Å². The molecule has 3 aromatic rings. The normalized spacial score (nSPS) is 11.5. The van der Waals surface area contributed by atoms with Gasteiger partial charge in [-0.2, -0.15) is 0 Å². The van der Waals surface area contributed by atoms with Crippen LogP contribution in [0.4, 0.5) is 5.69 Å². The fraction of sp³-hybridized carbons (Fsp3) is 0. The molecule has 1 N–H and O–H groups in total. The van der Waals surface area contributed by atoms with E-state index in [-0.39, 0.29) is 9.92 Å². The molecule has 0 spiro atoms. The largest absolute Gasteiger partial charge is 0.277 e. The fourth-order valence-corrected chi connectivity index (χ4v) is 3.22. The summed E-state index contributed by atoms with van der Waals surface area (Å²) < 4.78 is 27.2. The number of hydrogen-bond donors (Lipinski definition) is 1. The van der Waals surface area contributed by atoms with Crippen molar-refractivity contribution in [1.82, 2.24) is 9.97 Å². The van der Waals surface area contributed by atoms with Gasteiger partial charge in [0.2, 0.25) is 0 Å². The van der Waals surface area contributed by atoms with Gasteiger partial charge < -0.3 is 0 Å². The van der Waals surface area contributed by atoms with Gasteiger partial charge in [0, 0.05) is 24.0 Å². The molecule has 106 valence electrons. The average molecular weight is 320 g/mol. The highest BCUT2D eigenvalue weighted by Gasteiger charge is 2.16. The van der Waals surface area contributed by atoms with Crippen LogP contribution in [0.1, 0.15) is 0 Å². The minimum atomic E-state index is -3.76. The summed E-state index contributed by atoms with van der Waals surface area (Å²) in [6.07, 6.45) is 4.23. The molecule has 1 aromatic carbocycles.